The van der Waals surface area contributed by atoms with Crippen molar-refractivity contribution in [3.8, 4) is 5.75 Å². The van der Waals surface area contributed by atoms with E-state index in [1.165, 1.54) is 0 Å². The SMILES string of the molecule is CN1CC(CN)CC1c1cc(F)c(F)c(O)c1F. The summed E-state index contributed by atoms with van der Waals surface area (Å²) in [5.74, 6) is -4.95. The van der Waals surface area contributed by atoms with E-state index in [0.29, 0.717) is 19.5 Å². The second kappa shape index (κ2) is 4.78. The van der Waals surface area contributed by atoms with Crippen LogP contribution in [0.5, 0.6) is 5.75 Å². The van der Waals surface area contributed by atoms with E-state index in [0.717, 1.165) is 6.07 Å². The van der Waals surface area contributed by atoms with Gasteiger partial charge < -0.3 is 10.8 Å². The summed E-state index contributed by atoms with van der Waals surface area (Å²) < 4.78 is 40.0. The molecular formula is C12H15F3N2O. The molecular weight excluding hydrogens is 245 g/mol. The normalized spacial score (nSPS) is 24.7. The van der Waals surface area contributed by atoms with Gasteiger partial charge in [0.25, 0.3) is 0 Å². The van der Waals surface area contributed by atoms with Crippen molar-refractivity contribution in [2.75, 3.05) is 20.1 Å². The average molecular weight is 260 g/mol. The first-order valence-electron chi connectivity index (χ1n) is 5.72. The van der Waals surface area contributed by atoms with Crippen LogP contribution in [0, 0.1) is 23.4 Å². The minimum absolute atomic E-state index is 0.0233. The Labute approximate surface area is 103 Å². The number of aromatic hydroxyl groups is 1. The van der Waals surface area contributed by atoms with Gasteiger partial charge in [-0.15, -0.1) is 0 Å². The zero-order valence-electron chi connectivity index (χ0n) is 9.96. The molecule has 1 aromatic rings. The van der Waals surface area contributed by atoms with Crippen LogP contribution in [-0.4, -0.2) is 30.1 Å². The van der Waals surface area contributed by atoms with E-state index in [2.05, 4.69) is 0 Å². The number of likely N-dealkylation sites (tertiary alicyclic amines) is 1. The Morgan fingerprint density at radius 2 is 2.06 bits per heavy atom. The summed E-state index contributed by atoms with van der Waals surface area (Å²) >= 11 is 0. The third-order valence-corrected chi connectivity index (χ3v) is 3.49. The molecule has 0 aromatic heterocycles. The van der Waals surface area contributed by atoms with Gasteiger partial charge in [0, 0.05) is 18.2 Å². The maximum atomic E-state index is 13.8. The fourth-order valence-corrected chi connectivity index (χ4v) is 2.49. The average Bonchev–Trinajstić information content (AvgIpc) is 2.72. The maximum absolute atomic E-state index is 13.8. The molecule has 0 radical (unpaired) electrons. The van der Waals surface area contributed by atoms with Gasteiger partial charge in [0.05, 0.1) is 0 Å². The third kappa shape index (κ3) is 2.06. The fraction of sp³-hybridized carbons (Fsp3) is 0.500. The second-order valence-corrected chi connectivity index (χ2v) is 4.72. The minimum atomic E-state index is -1.55. The summed E-state index contributed by atoms with van der Waals surface area (Å²) in [6, 6.07) is 0.421. The first-order valence-corrected chi connectivity index (χ1v) is 5.72. The lowest BCUT2D eigenvalue weighted by Crippen LogP contribution is -2.21. The van der Waals surface area contributed by atoms with Crippen molar-refractivity contribution < 1.29 is 18.3 Å². The van der Waals surface area contributed by atoms with Gasteiger partial charge in [-0.1, -0.05) is 0 Å². The zero-order chi connectivity index (χ0) is 13.4. The molecule has 1 aliphatic heterocycles. The summed E-state index contributed by atoms with van der Waals surface area (Å²) in [6.07, 6.45) is 0.564. The van der Waals surface area contributed by atoms with Crippen LogP contribution in [0.15, 0.2) is 6.07 Å². The molecule has 2 atom stereocenters. The maximum Gasteiger partial charge on any atom is 0.203 e. The molecule has 1 aromatic carbocycles. The number of halogens is 3. The lowest BCUT2D eigenvalue weighted by atomic mass is 9.99. The van der Waals surface area contributed by atoms with Crippen molar-refractivity contribution in [3.05, 3.63) is 29.1 Å². The van der Waals surface area contributed by atoms with Gasteiger partial charge in [0.1, 0.15) is 0 Å². The number of rotatable bonds is 2. The molecule has 0 spiro atoms. The van der Waals surface area contributed by atoms with Crippen LogP contribution in [-0.2, 0) is 0 Å². The quantitative estimate of drug-likeness (QED) is 0.797. The summed E-state index contributed by atoms with van der Waals surface area (Å²) in [5.41, 5.74) is 5.53. The molecule has 1 heterocycles. The van der Waals surface area contributed by atoms with Crippen LogP contribution < -0.4 is 5.73 Å². The van der Waals surface area contributed by atoms with Crippen molar-refractivity contribution >= 4 is 0 Å². The highest BCUT2D eigenvalue weighted by Gasteiger charge is 2.33. The highest BCUT2D eigenvalue weighted by Crippen LogP contribution is 2.38. The number of hydrogen-bond donors (Lipinski definition) is 2. The van der Waals surface area contributed by atoms with E-state index in [1.54, 1.807) is 7.05 Å². The van der Waals surface area contributed by atoms with Crippen LogP contribution in [0.3, 0.4) is 0 Å². The van der Waals surface area contributed by atoms with Gasteiger partial charge in [0.15, 0.2) is 17.4 Å². The van der Waals surface area contributed by atoms with Gasteiger partial charge in [-0.25, -0.2) is 8.78 Å². The molecule has 1 aliphatic rings. The summed E-state index contributed by atoms with van der Waals surface area (Å²) in [7, 11) is 1.76. The summed E-state index contributed by atoms with van der Waals surface area (Å²) in [6.45, 7) is 1.12. The second-order valence-electron chi connectivity index (χ2n) is 4.72. The van der Waals surface area contributed by atoms with Gasteiger partial charge in [-0.2, -0.15) is 4.39 Å². The van der Waals surface area contributed by atoms with E-state index in [1.807, 2.05) is 4.90 Å². The highest BCUT2D eigenvalue weighted by molar-refractivity contribution is 5.35. The molecule has 3 nitrogen and oxygen atoms in total. The predicted molar refractivity (Wildman–Crippen MR) is 60.5 cm³/mol. The predicted octanol–water partition coefficient (Wildman–Crippen LogP) is 1.76. The van der Waals surface area contributed by atoms with Crippen molar-refractivity contribution in [3.63, 3.8) is 0 Å². The highest BCUT2D eigenvalue weighted by atomic mass is 19.2. The lowest BCUT2D eigenvalue weighted by Gasteiger charge is -2.20. The van der Waals surface area contributed by atoms with Crippen LogP contribution in [0.2, 0.25) is 0 Å². The Kier molecular flexibility index (Phi) is 3.49. The lowest BCUT2D eigenvalue weighted by molar-refractivity contribution is 0.298. The Morgan fingerprint density at radius 1 is 1.39 bits per heavy atom. The standard InChI is InChI=1S/C12H15F3N2O/c1-17-5-6(4-16)2-9(17)7-3-8(13)11(15)12(18)10(7)14/h3,6,9,18H,2,4-5,16H2,1H3. The molecule has 2 rings (SSSR count). The monoisotopic (exact) mass is 260 g/mol. The van der Waals surface area contributed by atoms with Gasteiger partial charge in [-0.3, -0.25) is 4.90 Å². The fourth-order valence-electron chi connectivity index (χ4n) is 2.49. The van der Waals surface area contributed by atoms with Crippen LogP contribution in [0.25, 0.3) is 0 Å². The Hall–Kier alpha value is -1.27. The Morgan fingerprint density at radius 3 is 2.61 bits per heavy atom. The number of hydrogen-bond acceptors (Lipinski definition) is 3. The van der Waals surface area contributed by atoms with Gasteiger partial charge in [-0.05, 0) is 32.0 Å². The third-order valence-electron chi connectivity index (χ3n) is 3.49. The van der Waals surface area contributed by atoms with Crippen LogP contribution in [0.4, 0.5) is 13.2 Å². The summed E-state index contributed by atoms with van der Waals surface area (Å²) in [4.78, 5) is 1.83. The molecule has 6 heteroatoms. The topological polar surface area (TPSA) is 49.5 Å². The van der Waals surface area contributed by atoms with Crippen molar-refractivity contribution in [1.29, 1.82) is 0 Å². The molecule has 0 amide bonds. The molecule has 0 saturated carbocycles. The minimum Gasteiger partial charge on any atom is -0.503 e. The Balaban J connectivity index is 2.40. The number of phenolic OH excluding ortho intramolecular Hbond substituents is 1. The van der Waals surface area contributed by atoms with Gasteiger partial charge >= 0.3 is 0 Å². The van der Waals surface area contributed by atoms with E-state index in [9.17, 15) is 18.3 Å². The largest absolute Gasteiger partial charge is 0.503 e. The molecule has 100 valence electrons. The van der Waals surface area contributed by atoms with Crippen LogP contribution >= 0.6 is 0 Å². The number of nitrogens with zero attached hydrogens (tertiary/aromatic N) is 1. The molecule has 1 fully saturated rings. The molecule has 3 N–H and O–H groups in total. The molecule has 18 heavy (non-hydrogen) atoms. The Bertz CT molecular complexity index is 467. The van der Waals surface area contributed by atoms with Crippen LogP contribution in [0.1, 0.15) is 18.0 Å². The number of benzene rings is 1. The van der Waals surface area contributed by atoms with Crippen molar-refractivity contribution in [2.24, 2.45) is 11.7 Å². The number of nitrogens with two attached hydrogens (primary N) is 1. The molecule has 0 aliphatic carbocycles. The number of phenols is 1. The first kappa shape index (κ1) is 13.2. The van der Waals surface area contributed by atoms with Crippen molar-refractivity contribution in [2.45, 2.75) is 12.5 Å². The molecule has 2 unspecified atom stereocenters. The summed E-state index contributed by atoms with van der Waals surface area (Å²) in [5, 5.41) is 9.20. The smallest absolute Gasteiger partial charge is 0.203 e. The molecule has 0 bridgehead atoms. The van der Waals surface area contributed by atoms with Gasteiger partial charge in [0.2, 0.25) is 5.82 Å². The zero-order valence-corrected chi connectivity index (χ0v) is 9.96. The van der Waals surface area contributed by atoms with E-state index >= 15 is 0 Å². The van der Waals surface area contributed by atoms with E-state index in [-0.39, 0.29) is 17.5 Å². The molecule has 1 saturated heterocycles. The first-order chi connectivity index (χ1) is 8.45. The van der Waals surface area contributed by atoms with E-state index in [4.69, 9.17) is 5.73 Å². The van der Waals surface area contributed by atoms with Crippen molar-refractivity contribution in [1.82, 2.24) is 4.90 Å². The van der Waals surface area contributed by atoms with E-state index < -0.39 is 23.2 Å².